The summed E-state index contributed by atoms with van der Waals surface area (Å²) < 4.78 is 7.28. The minimum Gasteiger partial charge on any atom is -0.378 e. The minimum atomic E-state index is -0.229. The van der Waals surface area contributed by atoms with Crippen LogP contribution in [0.1, 0.15) is 16.2 Å². The molecule has 0 spiro atoms. The van der Waals surface area contributed by atoms with Crippen molar-refractivity contribution in [3.63, 3.8) is 0 Å². The van der Waals surface area contributed by atoms with E-state index in [1.54, 1.807) is 24.3 Å². The molecule has 0 atom stereocenters. The van der Waals surface area contributed by atoms with Gasteiger partial charge in [0.15, 0.2) is 0 Å². The average Bonchev–Trinajstić information content (AvgIpc) is 3.12. The molecule has 2 heterocycles. The van der Waals surface area contributed by atoms with Crippen LogP contribution in [-0.4, -0.2) is 59.1 Å². The Morgan fingerprint density at radius 3 is 2.60 bits per heavy atom. The molecule has 7 nitrogen and oxygen atoms in total. The van der Waals surface area contributed by atoms with Crippen molar-refractivity contribution in [1.82, 2.24) is 19.8 Å². The average molecular weight is 427 g/mol. The number of fused-ring (bicyclic) bond motifs is 1. The first-order chi connectivity index (χ1) is 14.6. The van der Waals surface area contributed by atoms with E-state index >= 15 is 0 Å². The highest BCUT2D eigenvalue weighted by atomic mass is 35.5. The van der Waals surface area contributed by atoms with Crippen LogP contribution in [0.15, 0.2) is 48.5 Å². The summed E-state index contributed by atoms with van der Waals surface area (Å²) in [6.45, 7) is 2.95. The van der Waals surface area contributed by atoms with Gasteiger partial charge in [0.2, 0.25) is 5.91 Å². The third kappa shape index (κ3) is 4.47. The van der Waals surface area contributed by atoms with Crippen LogP contribution in [0.2, 0.25) is 5.02 Å². The molecule has 1 aromatic heterocycles. The number of imidazole rings is 1. The number of halogens is 1. The SMILES string of the molecule is O=C(NCCc1nc2ccccc2n1CC(=O)N1CCOCC1)c1ccccc1Cl. The van der Waals surface area contributed by atoms with Crippen molar-refractivity contribution >= 4 is 34.4 Å². The number of amides is 2. The molecule has 1 aliphatic rings. The van der Waals surface area contributed by atoms with Crippen molar-refractivity contribution in [1.29, 1.82) is 0 Å². The molecule has 0 unspecified atom stereocenters. The Morgan fingerprint density at radius 1 is 1.07 bits per heavy atom. The maximum Gasteiger partial charge on any atom is 0.252 e. The van der Waals surface area contributed by atoms with Gasteiger partial charge in [0.05, 0.1) is 34.8 Å². The van der Waals surface area contributed by atoms with Gasteiger partial charge in [-0.3, -0.25) is 9.59 Å². The molecule has 0 saturated carbocycles. The number of hydrogen-bond acceptors (Lipinski definition) is 4. The monoisotopic (exact) mass is 426 g/mol. The fourth-order valence-corrected chi connectivity index (χ4v) is 3.79. The van der Waals surface area contributed by atoms with Gasteiger partial charge in [-0.25, -0.2) is 4.98 Å². The first-order valence-corrected chi connectivity index (χ1v) is 10.3. The third-order valence-corrected chi connectivity index (χ3v) is 5.47. The van der Waals surface area contributed by atoms with Crippen LogP contribution < -0.4 is 5.32 Å². The van der Waals surface area contributed by atoms with Crippen LogP contribution in [0.25, 0.3) is 11.0 Å². The smallest absolute Gasteiger partial charge is 0.252 e. The van der Waals surface area contributed by atoms with Crippen molar-refractivity contribution in [3.05, 3.63) is 64.9 Å². The fraction of sp³-hybridized carbons (Fsp3) is 0.318. The number of nitrogens with one attached hydrogen (secondary N) is 1. The lowest BCUT2D eigenvalue weighted by molar-refractivity contribution is -0.135. The van der Waals surface area contributed by atoms with Crippen molar-refractivity contribution in [2.24, 2.45) is 0 Å². The summed E-state index contributed by atoms with van der Waals surface area (Å²) in [4.78, 5) is 31.7. The number of carbonyl (C=O) groups excluding carboxylic acids is 2. The Morgan fingerprint density at radius 2 is 1.80 bits per heavy atom. The molecule has 1 aliphatic heterocycles. The molecule has 2 aromatic carbocycles. The van der Waals surface area contributed by atoms with Crippen LogP contribution in [0.3, 0.4) is 0 Å². The molecular formula is C22H23ClN4O3. The maximum absolute atomic E-state index is 12.8. The van der Waals surface area contributed by atoms with Crippen LogP contribution in [0.5, 0.6) is 0 Å². The zero-order chi connectivity index (χ0) is 20.9. The van der Waals surface area contributed by atoms with Gasteiger partial charge in [0.1, 0.15) is 12.4 Å². The van der Waals surface area contributed by atoms with Crippen molar-refractivity contribution in [2.75, 3.05) is 32.8 Å². The van der Waals surface area contributed by atoms with E-state index in [0.29, 0.717) is 49.9 Å². The van der Waals surface area contributed by atoms with Gasteiger partial charge in [-0.05, 0) is 24.3 Å². The van der Waals surface area contributed by atoms with Gasteiger partial charge >= 0.3 is 0 Å². The number of carbonyl (C=O) groups is 2. The van der Waals surface area contributed by atoms with E-state index in [1.165, 1.54) is 0 Å². The first kappa shape index (κ1) is 20.4. The van der Waals surface area contributed by atoms with Gasteiger partial charge in [-0.2, -0.15) is 0 Å². The summed E-state index contributed by atoms with van der Waals surface area (Å²) in [5.41, 5.74) is 2.18. The summed E-state index contributed by atoms with van der Waals surface area (Å²) in [6, 6.07) is 14.7. The molecule has 0 bridgehead atoms. The molecule has 8 heteroatoms. The second-order valence-electron chi connectivity index (χ2n) is 7.08. The predicted molar refractivity (Wildman–Crippen MR) is 115 cm³/mol. The largest absolute Gasteiger partial charge is 0.378 e. The molecule has 0 radical (unpaired) electrons. The molecule has 1 saturated heterocycles. The minimum absolute atomic E-state index is 0.0443. The lowest BCUT2D eigenvalue weighted by Gasteiger charge is -2.27. The molecule has 2 amide bonds. The lowest BCUT2D eigenvalue weighted by atomic mass is 10.2. The number of ether oxygens (including phenoxy) is 1. The number of morpholine rings is 1. The quantitative estimate of drug-likeness (QED) is 0.657. The third-order valence-electron chi connectivity index (χ3n) is 5.14. The summed E-state index contributed by atoms with van der Waals surface area (Å²) in [5, 5.41) is 3.30. The number of hydrogen-bond donors (Lipinski definition) is 1. The second kappa shape index (κ2) is 9.28. The van der Waals surface area contributed by atoms with E-state index in [2.05, 4.69) is 10.3 Å². The Labute approximate surface area is 179 Å². The van der Waals surface area contributed by atoms with E-state index in [1.807, 2.05) is 33.7 Å². The summed E-state index contributed by atoms with van der Waals surface area (Å²) in [7, 11) is 0. The van der Waals surface area contributed by atoms with Gasteiger partial charge in [-0.15, -0.1) is 0 Å². The van der Waals surface area contributed by atoms with Gasteiger partial charge in [0, 0.05) is 26.1 Å². The van der Waals surface area contributed by atoms with E-state index in [4.69, 9.17) is 16.3 Å². The second-order valence-corrected chi connectivity index (χ2v) is 7.49. The van der Waals surface area contributed by atoms with E-state index in [-0.39, 0.29) is 18.4 Å². The lowest BCUT2D eigenvalue weighted by Crippen LogP contribution is -2.42. The maximum atomic E-state index is 12.8. The number of rotatable bonds is 6. The number of aromatic nitrogens is 2. The molecule has 1 N–H and O–H groups in total. The number of para-hydroxylation sites is 2. The normalized spacial score (nSPS) is 14.1. The van der Waals surface area contributed by atoms with Crippen LogP contribution in [0, 0.1) is 0 Å². The fourth-order valence-electron chi connectivity index (χ4n) is 3.57. The standard InChI is InChI=1S/C22H23ClN4O3/c23-17-6-2-1-5-16(17)22(29)24-10-9-20-25-18-7-3-4-8-19(18)27(20)15-21(28)26-11-13-30-14-12-26/h1-8H,9-15H2,(H,24,29). The topological polar surface area (TPSA) is 76.5 Å². The van der Waals surface area contributed by atoms with Crippen LogP contribution >= 0.6 is 11.6 Å². The summed E-state index contributed by atoms with van der Waals surface area (Å²) >= 11 is 6.10. The zero-order valence-electron chi connectivity index (χ0n) is 16.5. The highest BCUT2D eigenvalue weighted by Crippen LogP contribution is 2.18. The molecule has 0 aliphatic carbocycles. The molecular weight excluding hydrogens is 404 g/mol. The highest BCUT2D eigenvalue weighted by molar-refractivity contribution is 6.33. The van der Waals surface area contributed by atoms with Crippen molar-refractivity contribution in [3.8, 4) is 0 Å². The highest BCUT2D eigenvalue weighted by Gasteiger charge is 2.20. The molecule has 1 fully saturated rings. The molecule has 3 aromatic rings. The Kier molecular flexibility index (Phi) is 6.30. The molecule has 30 heavy (non-hydrogen) atoms. The Balaban J connectivity index is 1.48. The Hall–Kier alpha value is -2.90. The van der Waals surface area contributed by atoms with E-state index in [0.717, 1.165) is 16.9 Å². The molecule has 156 valence electrons. The first-order valence-electron chi connectivity index (χ1n) is 9.96. The zero-order valence-corrected chi connectivity index (χ0v) is 17.3. The van der Waals surface area contributed by atoms with Gasteiger partial charge in [-0.1, -0.05) is 35.9 Å². The number of nitrogens with zero attached hydrogens (tertiary/aromatic N) is 3. The summed E-state index contributed by atoms with van der Waals surface area (Å²) in [6.07, 6.45) is 0.501. The predicted octanol–water partition coefficient (Wildman–Crippen LogP) is 2.52. The van der Waals surface area contributed by atoms with E-state index < -0.39 is 0 Å². The van der Waals surface area contributed by atoms with Crippen LogP contribution in [0.4, 0.5) is 0 Å². The van der Waals surface area contributed by atoms with Gasteiger partial charge < -0.3 is 19.5 Å². The van der Waals surface area contributed by atoms with Gasteiger partial charge in [0.25, 0.3) is 5.91 Å². The van der Waals surface area contributed by atoms with Crippen molar-refractivity contribution < 1.29 is 14.3 Å². The summed E-state index contributed by atoms with van der Waals surface area (Å²) in [5.74, 6) is 0.577. The van der Waals surface area contributed by atoms with Crippen molar-refractivity contribution in [2.45, 2.75) is 13.0 Å². The molecule has 4 rings (SSSR count). The van der Waals surface area contributed by atoms with Crippen LogP contribution in [-0.2, 0) is 22.5 Å². The van der Waals surface area contributed by atoms with E-state index in [9.17, 15) is 9.59 Å². The Bertz CT molecular complexity index is 1060. The number of benzene rings is 2.